The number of carbonyl (C=O) groups is 2. The first kappa shape index (κ1) is 36.0. The van der Waals surface area contributed by atoms with Gasteiger partial charge in [-0.05, 0) is 36.6 Å². The third-order valence-electron chi connectivity index (χ3n) is 8.62. The van der Waals surface area contributed by atoms with E-state index in [1.165, 1.54) is 26.2 Å². The lowest BCUT2D eigenvalue weighted by Crippen LogP contribution is -2.47. The number of rotatable bonds is 20. The van der Waals surface area contributed by atoms with E-state index in [2.05, 4.69) is 20.3 Å². The third kappa shape index (κ3) is 10.6. The monoisotopic (exact) mass is 661 g/mol. The molecule has 47 heavy (non-hydrogen) atoms. The number of fused-ring (bicyclic) bond motifs is 2. The van der Waals surface area contributed by atoms with Gasteiger partial charge >= 0.3 is 0 Å². The van der Waals surface area contributed by atoms with Crippen LogP contribution in [0.5, 0.6) is 0 Å². The number of unbranched alkanes of at least 4 members (excludes halogenated alkanes) is 9. The van der Waals surface area contributed by atoms with Gasteiger partial charge in [-0.1, -0.05) is 93.8 Å². The molecule has 4 aromatic rings. The predicted molar refractivity (Wildman–Crippen MR) is 192 cm³/mol. The van der Waals surface area contributed by atoms with E-state index < -0.39 is 16.1 Å². The summed E-state index contributed by atoms with van der Waals surface area (Å²) >= 11 is 0. The normalized spacial score (nSPS) is 12.3. The van der Waals surface area contributed by atoms with Gasteiger partial charge in [0.25, 0.3) is 0 Å². The van der Waals surface area contributed by atoms with E-state index in [1.54, 1.807) is 12.1 Å². The summed E-state index contributed by atoms with van der Waals surface area (Å²) < 4.78 is 28.9. The maximum atomic E-state index is 13.1. The van der Waals surface area contributed by atoms with Crippen LogP contribution < -0.4 is 20.3 Å². The summed E-state index contributed by atoms with van der Waals surface area (Å²) in [5, 5.41) is 8.55. The van der Waals surface area contributed by atoms with E-state index >= 15 is 0 Å². The van der Waals surface area contributed by atoms with Crippen LogP contribution in [0.3, 0.4) is 0 Å². The summed E-state index contributed by atoms with van der Waals surface area (Å²) in [5.41, 5.74) is 3.02. The van der Waals surface area contributed by atoms with Crippen molar-refractivity contribution >= 4 is 49.2 Å². The van der Waals surface area contributed by atoms with Crippen molar-refractivity contribution in [1.82, 2.24) is 20.3 Å². The molecule has 4 rings (SSSR count). The largest absolute Gasteiger partial charge is 0.377 e. The maximum absolute atomic E-state index is 13.1. The fourth-order valence-electron chi connectivity index (χ4n) is 6.15. The molecule has 254 valence electrons. The number of nitrogens with one attached hydrogen (secondary N) is 4. The minimum absolute atomic E-state index is 0.148. The third-order valence-corrected chi connectivity index (χ3v) is 10.1. The minimum Gasteiger partial charge on any atom is -0.377 e. The Kier molecular flexibility index (Phi) is 13.7. The van der Waals surface area contributed by atoms with Crippen molar-refractivity contribution in [3.8, 4) is 0 Å². The molecule has 1 aromatic heterocycles. The van der Waals surface area contributed by atoms with Crippen LogP contribution in [0.25, 0.3) is 21.7 Å². The quantitative estimate of drug-likeness (QED) is 0.0814. The van der Waals surface area contributed by atoms with Crippen LogP contribution in [0.15, 0.2) is 71.8 Å². The number of hydrogen-bond acceptors (Lipinski definition) is 5. The van der Waals surface area contributed by atoms with Crippen molar-refractivity contribution in [2.24, 2.45) is 0 Å². The summed E-state index contributed by atoms with van der Waals surface area (Å²) in [7, 11) is 0.331. The van der Waals surface area contributed by atoms with Crippen LogP contribution in [-0.2, 0) is 26.0 Å². The van der Waals surface area contributed by atoms with Crippen LogP contribution in [0.1, 0.15) is 76.7 Å². The van der Waals surface area contributed by atoms with Crippen LogP contribution in [0.2, 0.25) is 0 Å². The lowest BCUT2D eigenvalue weighted by Gasteiger charge is -2.17. The Morgan fingerprint density at radius 1 is 0.745 bits per heavy atom. The van der Waals surface area contributed by atoms with Crippen molar-refractivity contribution < 1.29 is 18.0 Å². The first-order chi connectivity index (χ1) is 22.7. The maximum Gasteiger partial charge on any atom is 0.242 e. The van der Waals surface area contributed by atoms with E-state index in [0.717, 1.165) is 77.9 Å². The zero-order chi connectivity index (χ0) is 33.6. The lowest BCUT2D eigenvalue weighted by atomic mass is 10.0. The van der Waals surface area contributed by atoms with Gasteiger partial charge in [0.1, 0.15) is 6.04 Å². The van der Waals surface area contributed by atoms with Crippen molar-refractivity contribution in [3.05, 3.63) is 72.4 Å². The van der Waals surface area contributed by atoms with Gasteiger partial charge in [-0.15, -0.1) is 0 Å². The molecule has 0 fully saturated rings. The van der Waals surface area contributed by atoms with Crippen LogP contribution in [-0.4, -0.2) is 58.4 Å². The smallest absolute Gasteiger partial charge is 0.242 e. The van der Waals surface area contributed by atoms with Gasteiger partial charge in [0, 0.05) is 74.1 Å². The summed E-state index contributed by atoms with van der Waals surface area (Å²) in [6.45, 7) is 2.48. The molecular weight excluding hydrogens is 611 g/mol. The molecule has 10 heteroatoms. The molecule has 4 N–H and O–H groups in total. The van der Waals surface area contributed by atoms with Crippen LogP contribution >= 0.6 is 0 Å². The topological polar surface area (TPSA) is 123 Å². The molecule has 0 aliphatic heterocycles. The summed E-state index contributed by atoms with van der Waals surface area (Å²) in [6, 6.07) is 18.6. The van der Waals surface area contributed by atoms with Crippen LogP contribution in [0, 0.1) is 0 Å². The second-order valence-corrected chi connectivity index (χ2v) is 14.3. The highest BCUT2D eigenvalue weighted by Crippen LogP contribution is 2.30. The highest BCUT2D eigenvalue weighted by molar-refractivity contribution is 7.89. The molecule has 0 radical (unpaired) electrons. The number of nitrogens with zero attached hydrogens (tertiary/aromatic N) is 1. The van der Waals surface area contributed by atoms with Gasteiger partial charge in [-0.25, -0.2) is 13.1 Å². The van der Waals surface area contributed by atoms with E-state index in [9.17, 15) is 18.0 Å². The summed E-state index contributed by atoms with van der Waals surface area (Å²) in [4.78, 5) is 30.2. The van der Waals surface area contributed by atoms with Gasteiger partial charge in [0.15, 0.2) is 0 Å². The highest BCUT2D eigenvalue weighted by Gasteiger charge is 2.21. The number of aromatic amines is 1. The minimum atomic E-state index is -3.59. The first-order valence-corrected chi connectivity index (χ1v) is 18.4. The van der Waals surface area contributed by atoms with E-state index in [4.69, 9.17) is 0 Å². The highest BCUT2D eigenvalue weighted by atomic mass is 32.2. The average Bonchev–Trinajstić information content (AvgIpc) is 3.46. The van der Waals surface area contributed by atoms with Gasteiger partial charge < -0.3 is 20.5 Å². The molecule has 3 aromatic carbocycles. The van der Waals surface area contributed by atoms with E-state index in [-0.39, 0.29) is 11.8 Å². The number of para-hydroxylation sites is 1. The number of benzene rings is 3. The van der Waals surface area contributed by atoms with Gasteiger partial charge in [0.05, 0.1) is 4.90 Å². The van der Waals surface area contributed by atoms with Crippen molar-refractivity contribution in [1.29, 1.82) is 0 Å². The average molecular weight is 662 g/mol. The molecule has 1 heterocycles. The fourth-order valence-corrected chi connectivity index (χ4v) is 7.44. The number of carbonyl (C=O) groups excluding carboxylic acids is 2. The van der Waals surface area contributed by atoms with Gasteiger partial charge in [0.2, 0.25) is 21.8 Å². The molecule has 0 aliphatic rings. The standard InChI is InChI=1S/C37H51N5O4S/c1-28(43)41-34(26-29-27-39-33-21-13-12-18-30(29)33)37(44)38-24-14-10-8-6-4-5-7-9-11-15-25-40-47(45,46)36-23-17-19-31-32(36)20-16-22-35(31)42(2)3/h12-13,16-23,27,34,39-40H,4-11,14-15,24-26H2,1-3H3,(H,38,44)(H,41,43). The number of anilines is 1. The molecule has 2 amide bonds. The number of aromatic nitrogens is 1. The Morgan fingerprint density at radius 3 is 2.02 bits per heavy atom. The Labute approximate surface area is 279 Å². The fraction of sp³-hybridized carbons (Fsp3) is 0.459. The Morgan fingerprint density at radius 2 is 1.34 bits per heavy atom. The van der Waals surface area contributed by atoms with Crippen molar-refractivity contribution in [2.75, 3.05) is 32.1 Å². The molecule has 1 unspecified atom stereocenters. The second kappa shape index (κ2) is 17.9. The zero-order valence-corrected chi connectivity index (χ0v) is 28.9. The number of H-pyrrole nitrogens is 1. The van der Waals surface area contributed by atoms with E-state index in [0.29, 0.717) is 24.4 Å². The summed E-state index contributed by atoms with van der Waals surface area (Å²) in [5.74, 6) is -0.365. The predicted octanol–water partition coefficient (Wildman–Crippen LogP) is 6.43. The first-order valence-electron chi connectivity index (χ1n) is 17.0. The Hall–Kier alpha value is -3.89. The molecule has 9 nitrogen and oxygen atoms in total. The lowest BCUT2D eigenvalue weighted by molar-refractivity contribution is -0.128. The number of hydrogen-bond donors (Lipinski definition) is 4. The molecule has 1 atom stereocenters. The molecular formula is C37H51N5O4S. The van der Waals surface area contributed by atoms with Gasteiger partial charge in [-0.2, -0.15) is 0 Å². The zero-order valence-electron chi connectivity index (χ0n) is 28.1. The number of amides is 2. The Bertz CT molecular complexity index is 1720. The SMILES string of the molecule is CC(=O)NC(Cc1c[nH]c2ccccc12)C(=O)NCCCCCCCCCCCCNS(=O)(=O)c1cccc2c(N(C)C)cccc12. The summed E-state index contributed by atoms with van der Waals surface area (Å²) in [6.07, 6.45) is 13.1. The van der Waals surface area contributed by atoms with Crippen molar-refractivity contribution in [2.45, 2.75) is 88.5 Å². The molecule has 0 saturated carbocycles. The number of sulfonamides is 1. The molecule has 0 bridgehead atoms. The van der Waals surface area contributed by atoms with Crippen LogP contribution in [0.4, 0.5) is 5.69 Å². The molecule has 0 saturated heterocycles. The second-order valence-electron chi connectivity index (χ2n) is 12.6. The van der Waals surface area contributed by atoms with E-state index in [1.807, 2.05) is 73.7 Å². The Balaban J connectivity index is 1.04. The van der Waals surface area contributed by atoms with Gasteiger partial charge in [-0.3, -0.25) is 9.59 Å². The molecule has 0 aliphatic carbocycles. The van der Waals surface area contributed by atoms with Crippen molar-refractivity contribution in [3.63, 3.8) is 0 Å². The molecule has 0 spiro atoms.